The van der Waals surface area contributed by atoms with Crippen LogP contribution in [-0.4, -0.2) is 17.9 Å². The van der Waals surface area contributed by atoms with E-state index in [1.165, 1.54) is 6.07 Å². The maximum Gasteiger partial charge on any atom is 0.416 e. The average molecular weight is 302 g/mol. The molecule has 1 aromatic rings. The standard InChI is InChI=1S/C14H17F3N2O2/c1-3-8(2)11(12(18)20)19-13(21)9-5-4-6-10(7-9)14(15,16)17/h4-8,11H,3H2,1-2H3,(H2,18,20)(H,19,21)/t8-,11+/m1/s1. The summed E-state index contributed by atoms with van der Waals surface area (Å²) >= 11 is 0. The highest BCUT2D eigenvalue weighted by Gasteiger charge is 2.31. The maximum absolute atomic E-state index is 12.6. The summed E-state index contributed by atoms with van der Waals surface area (Å²) in [6, 6.07) is 3.08. The molecule has 0 aromatic heterocycles. The zero-order valence-electron chi connectivity index (χ0n) is 11.7. The molecule has 1 aromatic carbocycles. The molecule has 2 atom stereocenters. The Morgan fingerprint density at radius 2 is 1.95 bits per heavy atom. The molecule has 0 saturated heterocycles. The van der Waals surface area contributed by atoms with Gasteiger partial charge in [-0.1, -0.05) is 26.3 Å². The second-order valence-electron chi connectivity index (χ2n) is 4.82. The van der Waals surface area contributed by atoms with Crippen molar-refractivity contribution in [1.82, 2.24) is 5.32 Å². The Labute approximate surface area is 120 Å². The van der Waals surface area contributed by atoms with Crippen LogP contribution in [-0.2, 0) is 11.0 Å². The van der Waals surface area contributed by atoms with Gasteiger partial charge in [0.25, 0.3) is 5.91 Å². The highest BCUT2D eigenvalue weighted by Crippen LogP contribution is 2.29. The van der Waals surface area contributed by atoms with Gasteiger partial charge in [0.2, 0.25) is 5.91 Å². The summed E-state index contributed by atoms with van der Waals surface area (Å²) < 4.78 is 37.8. The summed E-state index contributed by atoms with van der Waals surface area (Å²) in [5, 5.41) is 2.38. The van der Waals surface area contributed by atoms with Crippen LogP contribution >= 0.6 is 0 Å². The largest absolute Gasteiger partial charge is 0.416 e. The van der Waals surface area contributed by atoms with Gasteiger partial charge in [0.1, 0.15) is 6.04 Å². The van der Waals surface area contributed by atoms with Crippen LogP contribution < -0.4 is 11.1 Å². The van der Waals surface area contributed by atoms with E-state index in [0.717, 1.165) is 18.2 Å². The lowest BCUT2D eigenvalue weighted by molar-refractivity contribution is -0.137. The monoisotopic (exact) mass is 302 g/mol. The SMILES string of the molecule is CC[C@@H](C)[C@H](NC(=O)c1cccc(C(F)(F)F)c1)C(N)=O. The first kappa shape index (κ1) is 17.0. The molecule has 0 aliphatic carbocycles. The Morgan fingerprint density at radius 1 is 1.33 bits per heavy atom. The second-order valence-corrected chi connectivity index (χ2v) is 4.82. The summed E-state index contributed by atoms with van der Waals surface area (Å²) in [4.78, 5) is 23.3. The Morgan fingerprint density at radius 3 is 2.43 bits per heavy atom. The molecule has 0 heterocycles. The van der Waals surface area contributed by atoms with Gasteiger partial charge in [0, 0.05) is 5.56 Å². The number of nitrogens with two attached hydrogens (primary N) is 1. The number of carbonyl (C=O) groups excluding carboxylic acids is 2. The van der Waals surface area contributed by atoms with E-state index in [9.17, 15) is 22.8 Å². The van der Waals surface area contributed by atoms with E-state index in [4.69, 9.17) is 5.73 Å². The topological polar surface area (TPSA) is 72.2 Å². The van der Waals surface area contributed by atoms with Crippen LogP contribution in [0.3, 0.4) is 0 Å². The fourth-order valence-corrected chi connectivity index (χ4v) is 1.79. The molecule has 0 bridgehead atoms. The second kappa shape index (κ2) is 6.60. The first-order valence-electron chi connectivity index (χ1n) is 6.44. The van der Waals surface area contributed by atoms with Crippen molar-refractivity contribution in [3.05, 3.63) is 35.4 Å². The van der Waals surface area contributed by atoms with Gasteiger partial charge in [-0.3, -0.25) is 9.59 Å². The van der Waals surface area contributed by atoms with Gasteiger partial charge in [0.15, 0.2) is 0 Å². The predicted molar refractivity (Wildman–Crippen MR) is 71.3 cm³/mol. The normalized spacial score (nSPS) is 14.3. The Hall–Kier alpha value is -2.05. The number of halogens is 3. The number of alkyl halides is 3. The minimum absolute atomic E-state index is 0.167. The first-order chi connectivity index (χ1) is 9.66. The van der Waals surface area contributed by atoms with Crippen molar-refractivity contribution in [3.8, 4) is 0 Å². The molecule has 0 fully saturated rings. The average Bonchev–Trinajstić information content (AvgIpc) is 2.42. The molecule has 4 nitrogen and oxygen atoms in total. The maximum atomic E-state index is 12.6. The molecule has 1 rings (SSSR count). The lowest BCUT2D eigenvalue weighted by atomic mass is 9.98. The minimum atomic E-state index is -4.53. The fourth-order valence-electron chi connectivity index (χ4n) is 1.79. The van der Waals surface area contributed by atoms with Gasteiger partial charge in [-0.2, -0.15) is 13.2 Å². The molecule has 0 spiro atoms. The molecule has 116 valence electrons. The number of amides is 2. The Kier molecular flexibility index (Phi) is 5.34. The lowest BCUT2D eigenvalue weighted by Gasteiger charge is -2.21. The highest BCUT2D eigenvalue weighted by atomic mass is 19.4. The van der Waals surface area contributed by atoms with Crippen molar-refractivity contribution in [1.29, 1.82) is 0 Å². The van der Waals surface area contributed by atoms with Gasteiger partial charge in [-0.25, -0.2) is 0 Å². The summed E-state index contributed by atoms with van der Waals surface area (Å²) in [6.07, 6.45) is -3.94. The van der Waals surface area contributed by atoms with E-state index in [1.807, 2.05) is 6.92 Å². The molecule has 0 unspecified atom stereocenters. The van der Waals surface area contributed by atoms with Crippen LogP contribution in [0.4, 0.5) is 13.2 Å². The van der Waals surface area contributed by atoms with Crippen LogP contribution in [0, 0.1) is 5.92 Å². The number of benzene rings is 1. The number of hydrogen-bond donors (Lipinski definition) is 2. The Balaban J connectivity index is 2.96. The van der Waals surface area contributed by atoms with Crippen molar-refractivity contribution in [2.75, 3.05) is 0 Å². The quantitative estimate of drug-likeness (QED) is 0.876. The molecule has 2 amide bonds. The van der Waals surface area contributed by atoms with Crippen LogP contribution in [0.25, 0.3) is 0 Å². The summed E-state index contributed by atoms with van der Waals surface area (Å²) in [5.41, 5.74) is 4.12. The van der Waals surface area contributed by atoms with Gasteiger partial charge in [-0.05, 0) is 24.1 Å². The smallest absolute Gasteiger partial charge is 0.368 e. The molecule has 21 heavy (non-hydrogen) atoms. The van der Waals surface area contributed by atoms with Crippen LogP contribution in [0.1, 0.15) is 36.2 Å². The van der Waals surface area contributed by atoms with E-state index in [0.29, 0.717) is 6.42 Å². The number of carbonyl (C=O) groups is 2. The van der Waals surface area contributed by atoms with Crippen molar-refractivity contribution < 1.29 is 22.8 Å². The zero-order chi connectivity index (χ0) is 16.2. The number of rotatable bonds is 5. The third-order valence-corrected chi connectivity index (χ3v) is 3.26. The molecule has 0 aliphatic heterocycles. The molecule has 3 N–H and O–H groups in total. The van der Waals surface area contributed by atoms with Gasteiger partial charge >= 0.3 is 6.18 Å². The number of hydrogen-bond acceptors (Lipinski definition) is 2. The first-order valence-corrected chi connectivity index (χ1v) is 6.44. The number of primary amides is 1. The van der Waals surface area contributed by atoms with E-state index < -0.39 is 29.6 Å². The van der Waals surface area contributed by atoms with Crippen molar-refractivity contribution >= 4 is 11.8 Å². The third-order valence-electron chi connectivity index (χ3n) is 3.26. The summed E-state index contributed by atoms with van der Waals surface area (Å²) in [6.45, 7) is 3.54. The van der Waals surface area contributed by atoms with Gasteiger partial charge < -0.3 is 11.1 Å². The van der Waals surface area contributed by atoms with Crippen LogP contribution in [0.15, 0.2) is 24.3 Å². The summed E-state index contributed by atoms with van der Waals surface area (Å²) in [7, 11) is 0. The van der Waals surface area contributed by atoms with E-state index in [1.54, 1.807) is 6.92 Å². The van der Waals surface area contributed by atoms with E-state index in [-0.39, 0.29) is 11.5 Å². The minimum Gasteiger partial charge on any atom is -0.368 e. The van der Waals surface area contributed by atoms with E-state index in [2.05, 4.69) is 5.32 Å². The van der Waals surface area contributed by atoms with E-state index >= 15 is 0 Å². The Bertz CT molecular complexity index is 529. The van der Waals surface area contributed by atoms with Crippen molar-refractivity contribution in [2.24, 2.45) is 11.7 Å². The fraction of sp³-hybridized carbons (Fsp3) is 0.429. The lowest BCUT2D eigenvalue weighted by Crippen LogP contribution is -2.48. The molecule has 0 aliphatic rings. The van der Waals surface area contributed by atoms with Crippen molar-refractivity contribution in [2.45, 2.75) is 32.5 Å². The molecule has 0 saturated carbocycles. The highest BCUT2D eigenvalue weighted by molar-refractivity contribution is 5.97. The zero-order valence-corrected chi connectivity index (χ0v) is 11.7. The van der Waals surface area contributed by atoms with Crippen molar-refractivity contribution in [3.63, 3.8) is 0 Å². The van der Waals surface area contributed by atoms with Gasteiger partial charge in [0.05, 0.1) is 5.56 Å². The summed E-state index contributed by atoms with van der Waals surface area (Å²) in [5.74, 6) is -1.69. The third kappa shape index (κ3) is 4.47. The van der Waals surface area contributed by atoms with Crippen LogP contribution in [0.2, 0.25) is 0 Å². The molecular formula is C14H17F3N2O2. The molecule has 7 heteroatoms. The molecular weight excluding hydrogens is 285 g/mol. The van der Waals surface area contributed by atoms with Crippen LogP contribution in [0.5, 0.6) is 0 Å². The predicted octanol–water partition coefficient (Wildman–Crippen LogP) is 2.34. The molecule has 0 radical (unpaired) electrons. The number of nitrogens with one attached hydrogen (secondary N) is 1. The van der Waals surface area contributed by atoms with Gasteiger partial charge in [-0.15, -0.1) is 0 Å².